The summed E-state index contributed by atoms with van der Waals surface area (Å²) in [6.45, 7) is -0.638. The number of halogens is 3. The molecule has 2 aromatic heterocycles. The number of nitrogens with zero attached hydrogens (tertiary/aromatic N) is 1. The van der Waals surface area contributed by atoms with Gasteiger partial charge in [0.15, 0.2) is 17.5 Å². The molecule has 0 aliphatic carbocycles. The fraction of sp³-hybridized carbons (Fsp3) is 0.167. The van der Waals surface area contributed by atoms with Gasteiger partial charge in [-0.05, 0) is 42.0 Å². The Morgan fingerprint density at radius 2 is 1.73 bits per heavy atom. The fourth-order valence-electron chi connectivity index (χ4n) is 3.60. The molecule has 4 aromatic rings. The van der Waals surface area contributed by atoms with E-state index in [1.165, 1.54) is 31.4 Å². The second kappa shape index (κ2) is 10.4. The Morgan fingerprint density at radius 3 is 2.43 bits per heavy atom. The van der Waals surface area contributed by atoms with E-state index in [-0.39, 0.29) is 24.3 Å². The van der Waals surface area contributed by atoms with Gasteiger partial charge in [-0.2, -0.15) is 0 Å². The number of hydrogen-bond acceptors (Lipinski definition) is 5. The van der Waals surface area contributed by atoms with Gasteiger partial charge < -0.3 is 29.9 Å². The van der Waals surface area contributed by atoms with Crippen molar-refractivity contribution in [1.82, 2.24) is 25.2 Å². The fourth-order valence-corrected chi connectivity index (χ4v) is 3.60. The smallest absolute Gasteiger partial charge is 0.323 e. The van der Waals surface area contributed by atoms with Crippen LogP contribution in [0.15, 0.2) is 58.3 Å². The predicted octanol–water partition coefficient (Wildman–Crippen LogP) is 1.41. The molecular weight excluding hydrogens is 495 g/mol. The van der Waals surface area contributed by atoms with Crippen molar-refractivity contribution in [3.05, 3.63) is 98.1 Å². The molecule has 0 aliphatic heterocycles. The Balaban J connectivity index is 1.50. The first-order valence-electron chi connectivity index (χ1n) is 10.9. The van der Waals surface area contributed by atoms with Gasteiger partial charge in [0.25, 0.3) is 11.5 Å². The van der Waals surface area contributed by atoms with Crippen molar-refractivity contribution in [3.63, 3.8) is 0 Å². The summed E-state index contributed by atoms with van der Waals surface area (Å²) in [5, 5.41) is 4.82. The number of aromatic amines is 2. The molecule has 0 radical (unpaired) electrons. The predicted molar refractivity (Wildman–Crippen MR) is 126 cm³/mol. The number of amides is 2. The number of likely N-dealkylation sites (N-methyl/N-ethyl adjacent to an activating group) is 1. The van der Waals surface area contributed by atoms with Crippen LogP contribution in [0.5, 0.6) is 5.75 Å². The van der Waals surface area contributed by atoms with Crippen LogP contribution in [0.3, 0.4) is 0 Å². The lowest BCUT2D eigenvalue weighted by Gasteiger charge is -2.18. The standard InChI is InChI=1S/C24H20F3N5O5/c1-28-22(34)19(11-37-13-4-5-17-18(9-13)31-24(36)30-17)29-21(33)14-3-2-6-32(23(14)35)10-12-7-15(25)20(27)16(26)8-12/h2-9,19H,10-11H2,1H3,(H,28,34)(H,29,33)(H2,30,31,36)/t19-/m0/s1. The molecule has 0 saturated heterocycles. The van der Waals surface area contributed by atoms with Crippen LogP contribution in [0, 0.1) is 17.5 Å². The minimum atomic E-state index is -1.63. The average Bonchev–Trinajstić information content (AvgIpc) is 3.24. The number of imidazole rings is 1. The Hall–Kier alpha value is -4.81. The maximum Gasteiger partial charge on any atom is 0.323 e. The lowest BCUT2D eigenvalue weighted by atomic mass is 10.2. The number of pyridine rings is 1. The Kier molecular flexibility index (Phi) is 7.13. The van der Waals surface area contributed by atoms with E-state index in [0.717, 1.165) is 16.7 Å². The summed E-state index contributed by atoms with van der Waals surface area (Å²) in [7, 11) is 1.36. The molecule has 192 valence electrons. The van der Waals surface area contributed by atoms with Crippen molar-refractivity contribution in [3.8, 4) is 5.75 Å². The summed E-state index contributed by atoms with van der Waals surface area (Å²) in [6.07, 6.45) is 1.29. The zero-order valence-electron chi connectivity index (χ0n) is 19.2. The van der Waals surface area contributed by atoms with E-state index >= 15 is 0 Å². The summed E-state index contributed by atoms with van der Waals surface area (Å²) >= 11 is 0. The SMILES string of the molecule is CNC(=O)[C@H](COc1ccc2[nH]c(=O)[nH]c2c1)NC(=O)c1cccn(Cc2cc(F)c(F)c(F)c2)c1=O. The first kappa shape index (κ1) is 25.3. The largest absolute Gasteiger partial charge is 0.491 e. The van der Waals surface area contributed by atoms with Gasteiger partial charge in [0.05, 0.1) is 17.6 Å². The van der Waals surface area contributed by atoms with Crippen LogP contribution in [0.1, 0.15) is 15.9 Å². The van der Waals surface area contributed by atoms with Crippen LogP contribution in [0.2, 0.25) is 0 Å². The maximum atomic E-state index is 13.5. The van der Waals surface area contributed by atoms with Gasteiger partial charge in [-0.3, -0.25) is 14.4 Å². The normalized spacial score (nSPS) is 11.8. The van der Waals surface area contributed by atoms with E-state index < -0.39 is 46.6 Å². The molecule has 0 spiro atoms. The van der Waals surface area contributed by atoms with E-state index in [9.17, 15) is 32.3 Å². The highest BCUT2D eigenvalue weighted by atomic mass is 19.2. The third-order valence-electron chi connectivity index (χ3n) is 5.43. The molecule has 0 saturated carbocycles. The Bertz CT molecular complexity index is 1590. The summed E-state index contributed by atoms with van der Waals surface area (Å²) in [4.78, 5) is 54.7. The van der Waals surface area contributed by atoms with Crippen LogP contribution < -0.4 is 26.6 Å². The van der Waals surface area contributed by atoms with E-state index in [1.807, 2.05) is 0 Å². The first-order chi connectivity index (χ1) is 17.7. The Labute approximate surface area is 206 Å². The van der Waals surface area contributed by atoms with Gasteiger partial charge in [0.1, 0.15) is 24.0 Å². The molecule has 2 aromatic carbocycles. The molecule has 2 heterocycles. The summed E-state index contributed by atoms with van der Waals surface area (Å²) < 4.78 is 46.9. The van der Waals surface area contributed by atoms with Crippen molar-refractivity contribution in [2.45, 2.75) is 12.6 Å². The molecule has 13 heteroatoms. The second-order valence-corrected chi connectivity index (χ2v) is 7.97. The third-order valence-corrected chi connectivity index (χ3v) is 5.43. The van der Waals surface area contributed by atoms with Gasteiger partial charge in [-0.1, -0.05) is 0 Å². The lowest BCUT2D eigenvalue weighted by Crippen LogP contribution is -2.50. The zero-order chi connectivity index (χ0) is 26.7. The molecule has 4 N–H and O–H groups in total. The van der Waals surface area contributed by atoms with E-state index in [4.69, 9.17) is 4.74 Å². The number of nitrogens with one attached hydrogen (secondary N) is 4. The second-order valence-electron chi connectivity index (χ2n) is 7.97. The van der Waals surface area contributed by atoms with Crippen molar-refractivity contribution in [1.29, 1.82) is 0 Å². The number of carbonyl (C=O) groups excluding carboxylic acids is 2. The van der Waals surface area contributed by atoms with E-state index in [0.29, 0.717) is 16.8 Å². The highest BCUT2D eigenvalue weighted by molar-refractivity contribution is 5.97. The van der Waals surface area contributed by atoms with Gasteiger partial charge in [0.2, 0.25) is 5.91 Å². The average molecular weight is 515 g/mol. The van der Waals surface area contributed by atoms with Crippen molar-refractivity contribution >= 4 is 22.8 Å². The van der Waals surface area contributed by atoms with Gasteiger partial charge in [0, 0.05) is 19.3 Å². The van der Waals surface area contributed by atoms with Crippen molar-refractivity contribution in [2.24, 2.45) is 0 Å². The molecule has 0 unspecified atom stereocenters. The van der Waals surface area contributed by atoms with Gasteiger partial charge in [-0.15, -0.1) is 0 Å². The number of ether oxygens (including phenoxy) is 1. The first-order valence-corrected chi connectivity index (χ1v) is 10.9. The molecule has 0 fully saturated rings. The van der Waals surface area contributed by atoms with Crippen LogP contribution in [-0.2, 0) is 11.3 Å². The van der Waals surface area contributed by atoms with Crippen LogP contribution in [0.25, 0.3) is 11.0 Å². The Morgan fingerprint density at radius 1 is 1.03 bits per heavy atom. The highest BCUT2D eigenvalue weighted by Gasteiger charge is 2.23. The maximum absolute atomic E-state index is 13.5. The van der Waals surface area contributed by atoms with Crippen molar-refractivity contribution in [2.75, 3.05) is 13.7 Å². The number of carbonyl (C=O) groups is 2. The van der Waals surface area contributed by atoms with E-state index in [2.05, 4.69) is 20.6 Å². The lowest BCUT2D eigenvalue weighted by molar-refractivity contribution is -0.123. The van der Waals surface area contributed by atoms with Crippen LogP contribution in [0.4, 0.5) is 13.2 Å². The number of H-pyrrole nitrogens is 2. The molecule has 10 nitrogen and oxygen atoms in total. The molecule has 1 atom stereocenters. The number of benzene rings is 2. The van der Waals surface area contributed by atoms with Gasteiger partial charge in [-0.25, -0.2) is 18.0 Å². The van der Waals surface area contributed by atoms with Crippen LogP contribution >= 0.6 is 0 Å². The number of hydrogen-bond donors (Lipinski definition) is 4. The molecule has 4 rings (SSSR count). The van der Waals surface area contributed by atoms with Crippen molar-refractivity contribution < 1.29 is 27.5 Å². The molecular formula is C24H20F3N5O5. The minimum absolute atomic E-state index is 0.0339. The molecule has 0 bridgehead atoms. The topological polar surface area (TPSA) is 138 Å². The zero-order valence-corrected chi connectivity index (χ0v) is 19.2. The van der Waals surface area contributed by atoms with E-state index in [1.54, 1.807) is 12.1 Å². The third kappa shape index (κ3) is 5.55. The minimum Gasteiger partial charge on any atom is -0.491 e. The quantitative estimate of drug-likeness (QED) is 0.263. The molecule has 0 aliphatic rings. The summed E-state index contributed by atoms with van der Waals surface area (Å²) in [6, 6.07) is 7.57. The molecule has 37 heavy (non-hydrogen) atoms. The van der Waals surface area contributed by atoms with Crippen LogP contribution in [-0.4, -0.2) is 46.0 Å². The number of aromatic nitrogens is 3. The van der Waals surface area contributed by atoms with Gasteiger partial charge >= 0.3 is 5.69 Å². The highest BCUT2D eigenvalue weighted by Crippen LogP contribution is 2.17. The molecule has 2 amide bonds. The monoisotopic (exact) mass is 515 g/mol. The summed E-state index contributed by atoms with van der Waals surface area (Å²) in [5.41, 5.74) is -0.539. The number of fused-ring (bicyclic) bond motifs is 1. The summed E-state index contributed by atoms with van der Waals surface area (Å²) in [5.74, 6) is -5.63. The number of rotatable bonds is 8.